The molecule has 0 saturated carbocycles. The van der Waals surface area contributed by atoms with E-state index in [0.717, 1.165) is 29.3 Å². The highest BCUT2D eigenvalue weighted by Gasteiger charge is 2.39. The van der Waals surface area contributed by atoms with Crippen LogP contribution in [0, 0.1) is 5.92 Å². The van der Waals surface area contributed by atoms with Crippen LogP contribution in [-0.2, 0) is 6.18 Å². The topological polar surface area (TPSA) is 12.0 Å². The molecule has 2 aliphatic rings. The summed E-state index contributed by atoms with van der Waals surface area (Å²) in [4.78, 5) is 0. The van der Waals surface area contributed by atoms with Crippen LogP contribution >= 0.6 is 11.6 Å². The van der Waals surface area contributed by atoms with Crippen LogP contribution in [0.3, 0.4) is 0 Å². The summed E-state index contributed by atoms with van der Waals surface area (Å²) in [7, 11) is 0. The molecule has 1 heterocycles. The average molecular weight is 350 g/mol. The van der Waals surface area contributed by atoms with E-state index in [2.05, 4.69) is 11.4 Å². The lowest BCUT2D eigenvalue weighted by Gasteiger charge is -2.37. The Morgan fingerprint density at radius 1 is 1.04 bits per heavy atom. The van der Waals surface area contributed by atoms with Gasteiger partial charge in [-0.1, -0.05) is 35.9 Å². The van der Waals surface area contributed by atoms with Gasteiger partial charge < -0.3 is 5.32 Å². The maximum absolute atomic E-state index is 13.0. The summed E-state index contributed by atoms with van der Waals surface area (Å²) in [5.74, 6) is 0.214. The van der Waals surface area contributed by atoms with E-state index in [-0.39, 0.29) is 17.9 Å². The number of allylic oxidation sites excluding steroid dienone is 2. The molecule has 0 bridgehead atoms. The molecule has 0 spiro atoms. The van der Waals surface area contributed by atoms with Gasteiger partial charge in [0.2, 0.25) is 0 Å². The fourth-order valence-electron chi connectivity index (χ4n) is 3.77. The van der Waals surface area contributed by atoms with Crippen LogP contribution in [0.25, 0.3) is 0 Å². The first kappa shape index (κ1) is 15.6. The number of anilines is 1. The van der Waals surface area contributed by atoms with Crippen molar-refractivity contribution in [2.75, 3.05) is 5.32 Å². The molecule has 0 unspecified atom stereocenters. The lowest BCUT2D eigenvalue weighted by atomic mass is 9.76. The Balaban J connectivity index is 1.76. The molecule has 24 heavy (non-hydrogen) atoms. The number of halogens is 4. The molecule has 124 valence electrons. The quantitative estimate of drug-likeness (QED) is 0.606. The molecule has 3 atom stereocenters. The normalized spacial score (nSPS) is 25.1. The summed E-state index contributed by atoms with van der Waals surface area (Å²) in [6.07, 6.45) is 0.628. The van der Waals surface area contributed by atoms with Crippen LogP contribution in [0.2, 0.25) is 5.02 Å². The number of nitrogens with one attached hydrogen (secondary N) is 1. The minimum atomic E-state index is -4.32. The fraction of sp³-hybridized carbons (Fsp3) is 0.263. The summed E-state index contributed by atoms with van der Waals surface area (Å²) >= 11 is 5.96. The van der Waals surface area contributed by atoms with Crippen molar-refractivity contribution in [3.63, 3.8) is 0 Å². The number of hydrogen-bond donors (Lipinski definition) is 1. The third-order valence-corrected chi connectivity index (χ3v) is 5.17. The second kappa shape index (κ2) is 5.55. The Morgan fingerprint density at radius 2 is 1.79 bits per heavy atom. The number of rotatable bonds is 1. The minimum Gasteiger partial charge on any atom is -0.378 e. The van der Waals surface area contributed by atoms with Gasteiger partial charge in [-0.05, 0) is 53.8 Å². The zero-order valence-electron chi connectivity index (χ0n) is 12.6. The summed E-state index contributed by atoms with van der Waals surface area (Å²) in [5.41, 5.74) is 2.01. The molecule has 1 aliphatic heterocycles. The Kier molecular flexibility index (Phi) is 3.61. The van der Waals surface area contributed by atoms with E-state index >= 15 is 0 Å². The monoisotopic (exact) mass is 349 g/mol. The second-order valence-electron chi connectivity index (χ2n) is 6.33. The molecule has 4 rings (SSSR count). The van der Waals surface area contributed by atoms with E-state index in [0.29, 0.717) is 5.02 Å². The lowest BCUT2D eigenvalue weighted by Crippen LogP contribution is -2.29. The van der Waals surface area contributed by atoms with Gasteiger partial charge >= 0.3 is 6.18 Å². The van der Waals surface area contributed by atoms with Crippen molar-refractivity contribution in [2.45, 2.75) is 24.6 Å². The second-order valence-corrected chi connectivity index (χ2v) is 6.76. The first-order chi connectivity index (χ1) is 11.4. The third-order valence-electron chi connectivity index (χ3n) is 4.92. The van der Waals surface area contributed by atoms with Gasteiger partial charge in [0.1, 0.15) is 0 Å². The molecule has 0 fully saturated rings. The van der Waals surface area contributed by atoms with Crippen LogP contribution in [0.15, 0.2) is 54.6 Å². The molecular weight excluding hydrogens is 335 g/mol. The van der Waals surface area contributed by atoms with Crippen LogP contribution in [0.4, 0.5) is 18.9 Å². The van der Waals surface area contributed by atoms with Gasteiger partial charge in [0.05, 0.1) is 11.6 Å². The maximum Gasteiger partial charge on any atom is 0.416 e. The molecule has 1 N–H and O–H groups in total. The third kappa shape index (κ3) is 2.59. The zero-order valence-corrected chi connectivity index (χ0v) is 13.4. The van der Waals surface area contributed by atoms with Crippen molar-refractivity contribution in [3.8, 4) is 0 Å². The maximum atomic E-state index is 13.0. The molecule has 0 aromatic heterocycles. The van der Waals surface area contributed by atoms with Gasteiger partial charge in [-0.25, -0.2) is 0 Å². The SMILES string of the molecule is FC(F)(F)c1ccc2c(c1)[C@@H]1C=CC[C@@H]1[C@H](c1ccc(Cl)cc1)N2. The van der Waals surface area contributed by atoms with Crippen LogP contribution < -0.4 is 5.32 Å². The summed E-state index contributed by atoms with van der Waals surface area (Å²) in [5, 5.41) is 4.10. The van der Waals surface area contributed by atoms with E-state index in [9.17, 15) is 13.2 Å². The van der Waals surface area contributed by atoms with Gasteiger partial charge in [-0.2, -0.15) is 13.2 Å². The van der Waals surface area contributed by atoms with E-state index in [4.69, 9.17) is 11.6 Å². The average Bonchev–Trinajstić information content (AvgIpc) is 3.03. The number of alkyl halides is 3. The van der Waals surface area contributed by atoms with Gasteiger partial charge in [-0.15, -0.1) is 0 Å². The zero-order chi connectivity index (χ0) is 16.9. The lowest BCUT2D eigenvalue weighted by molar-refractivity contribution is -0.137. The molecule has 1 nitrogen and oxygen atoms in total. The predicted molar refractivity (Wildman–Crippen MR) is 89.2 cm³/mol. The van der Waals surface area contributed by atoms with Crippen molar-refractivity contribution < 1.29 is 13.2 Å². The first-order valence-electron chi connectivity index (χ1n) is 7.83. The van der Waals surface area contributed by atoms with E-state index in [1.165, 1.54) is 6.07 Å². The first-order valence-corrected chi connectivity index (χ1v) is 8.21. The largest absolute Gasteiger partial charge is 0.416 e. The summed E-state index contributed by atoms with van der Waals surface area (Å²) in [6, 6.07) is 11.7. The molecule has 0 saturated heterocycles. The van der Waals surface area contributed by atoms with Crippen molar-refractivity contribution in [1.29, 1.82) is 0 Å². The molecule has 0 radical (unpaired) electrons. The summed E-state index contributed by atoms with van der Waals surface area (Å²) in [6.45, 7) is 0. The van der Waals surface area contributed by atoms with Crippen molar-refractivity contribution in [3.05, 3.63) is 76.3 Å². The highest BCUT2D eigenvalue weighted by molar-refractivity contribution is 6.30. The highest BCUT2D eigenvalue weighted by Crippen LogP contribution is 2.50. The molecule has 1 aliphatic carbocycles. The van der Waals surface area contributed by atoms with Crippen molar-refractivity contribution in [2.24, 2.45) is 5.92 Å². The molecule has 0 amide bonds. The molecule has 2 aromatic rings. The number of fused-ring (bicyclic) bond motifs is 3. The van der Waals surface area contributed by atoms with Crippen molar-refractivity contribution in [1.82, 2.24) is 0 Å². The summed E-state index contributed by atoms with van der Waals surface area (Å²) < 4.78 is 39.1. The van der Waals surface area contributed by atoms with E-state index in [1.54, 1.807) is 6.07 Å². The van der Waals surface area contributed by atoms with E-state index < -0.39 is 11.7 Å². The Hall–Kier alpha value is -1.94. The van der Waals surface area contributed by atoms with Gasteiger partial charge in [0.25, 0.3) is 0 Å². The van der Waals surface area contributed by atoms with Gasteiger partial charge in [0, 0.05) is 16.6 Å². The molecular formula is C19H15ClF3N. The smallest absolute Gasteiger partial charge is 0.378 e. The fourth-order valence-corrected chi connectivity index (χ4v) is 3.90. The minimum absolute atomic E-state index is 0.00391. The number of hydrogen-bond acceptors (Lipinski definition) is 1. The standard InChI is InChI=1S/C19H15ClF3N/c20-13-7-4-11(5-8-13)18-15-3-1-2-14(15)16-10-12(19(21,22)23)6-9-17(16)24-18/h1-2,4-10,14-15,18,24H,3H2/t14-,15+,18+/m1/s1. The Bertz CT molecular complexity index is 795. The van der Waals surface area contributed by atoms with Crippen LogP contribution in [0.5, 0.6) is 0 Å². The predicted octanol–water partition coefficient (Wildman–Crippen LogP) is 6.19. The Labute approximate surface area is 143 Å². The van der Waals surface area contributed by atoms with Crippen LogP contribution in [-0.4, -0.2) is 0 Å². The molecule has 5 heteroatoms. The van der Waals surface area contributed by atoms with E-state index in [1.807, 2.05) is 30.3 Å². The Morgan fingerprint density at radius 3 is 2.50 bits per heavy atom. The number of benzene rings is 2. The van der Waals surface area contributed by atoms with Crippen molar-refractivity contribution >= 4 is 17.3 Å². The van der Waals surface area contributed by atoms with Crippen LogP contribution in [0.1, 0.15) is 35.1 Å². The van der Waals surface area contributed by atoms with Gasteiger partial charge in [-0.3, -0.25) is 0 Å². The highest BCUT2D eigenvalue weighted by atomic mass is 35.5. The van der Waals surface area contributed by atoms with Gasteiger partial charge in [0.15, 0.2) is 0 Å². The molecule has 2 aromatic carbocycles.